The Bertz CT molecular complexity index is 593. The molecular formula is C11H12BrNO3S. The molecular weight excluding hydrogens is 306 g/mol. The van der Waals surface area contributed by atoms with Crippen molar-refractivity contribution in [2.75, 3.05) is 11.1 Å². The van der Waals surface area contributed by atoms with Gasteiger partial charge < -0.3 is 5.32 Å². The van der Waals surface area contributed by atoms with Gasteiger partial charge in [-0.2, -0.15) is 0 Å². The van der Waals surface area contributed by atoms with Crippen molar-refractivity contribution in [1.29, 1.82) is 0 Å². The van der Waals surface area contributed by atoms with E-state index in [1.165, 1.54) is 6.07 Å². The number of hydrogen-bond donors (Lipinski definition) is 1. The van der Waals surface area contributed by atoms with Gasteiger partial charge in [-0.05, 0) is 18.2 Å². The number of rotatable bonds is 0. The van der Waals surface area contributed by atoms with Gasteiger partial charge in [0.2, 0.25) is 5.91 Å². The molecule has 1 amide bonds. The molecule has 6 heteroatoms. The van der Waals surface area contributed by atoms with E-state index >= 15 is 0 Å². The minimum absolute atomic E-state index is 0.172. The molecule has 0 unspecified atom stereocenters. The Balaban J connectivity index is 2.68. The van der Waals surface area contributed by atoms with Crippen molar-refractivity contribution in [2.24, 2.45) is 5.41 Å². The standard InChI is InChI=1S/C11H12BrNO3S/c1-11(2)6-17(15,16)9-5-7(12)3-4-8(9)13-10(11)14/h3-5H,6H2,1-2H3,(H,13,14). The number of fused-ring (bicyclic) bond motifs is 1. The molecule has 0 saturated heterocycles. The Morgan fingerprint density at radius 1 is 1.35 bits per heavy atom. The van der Waals surface area contributed by atoms with Crippen molar-refractivity contribution in [2.45, 2.75) is 18.7 Å². The maximum Gasteiger partial charge on any atom is 0.231 e. The maximum absolute atomic E-state index is 12.2. The van der Waals surface area contributed by atoms with E-state index in [9.17, 15) is 13.2 Å². The van der Waals surface area contributed by atoms with Gasteiger partial charge in [0.05, 0.1) is 21.8 Å². The number of benzene rings is 1. The quantitative estimate of drug-likeness (QED) is 0.798. The van der Waals surface area contributed by atoms with Crippen molar-refractivity contribution < 1.29 is 13.2 Å². The van der Waals surface area contributed by atoms with E-state index in [4.69, 9.17) is 0 Å². The third kappa shape index (κ3) is 2.24. The fourth-order valence-electron chi connectivity index (χ4n) is 1.77. The number of halogens is 1. The van der Waals surface area contributed by atoms with Crippen LogP contribution in [0.5, 0.6) is 0 Å². The number of sulfone groups is 1. The summed E-state index contributed by atoms with van der Waals surface area (Å²) in [5.41, 5.74) is -0.576. The molecule has 0 fully saturated rings. The third-order valence-corrected chi connectivity index (χ3v) is 5.30. The van der Waals surface area contributed by atoms with Crippen molar-refractivity contribution in [3.05, 3.63) is 22.7 Å². The third-order valence-electron chi connectivity index (χ3n) is 2.69. The first-order chi connectivity index (χ1) is 7.72. The second kappa shape index (κ2) is 3.81. The SMILES string of the molecule is CC1(C)CS(=O)(=O)c2cc(Br)ccc2NC1=O. The topological polar surface area (TPSA) is 63.2 Å². The van der Waals surface area contributed by atoms with Crippen molar-refractivity contribution >= 4 is 37.4 Å². The Morgan fingerprint density at radius 2 is 2.00 bits per heavy atom. The van der Waals surface area contributed by atoms with Gasteiger partial charge in [0.1, 0.15) is 0 Å². The lowest BCUT2D eigenvalue weighted by molar-refractivity contribution is -0.122. The average Bonchev–Trinajstić information content (AvgIpc) is 2.23. The van der Waals surface area contributed by atoms with E-state index in [0.717, 1.165) is 0 Å². The van der Waals surface area contributed by atoms with Crippen LogP contribution < -0.4 is 5.32 Å². The summed E-state index contributed by atoms with van der Waals surface area (Å²) in [5, 5.41) is 2.66. The number of carbonyl (C=O) groups is 1. The number of amides is 1. The highest BCUT2D eigenvalue weighted by Crippen LogP contribution is 2.34. The normalized spacial score (nSPS) is 21.2. The Labute approximate surface area is 108 Å². The second-order valence-electron chi connectivity index (χ2n) is 4.74. The van der Waals surface area contributed by atoms with Gasteiger partial charge in [0.15, 0.2) is 9.84 Å². The van der Waals surface area contributed by atoms with Crippen LogP contribution in [0.1, 0.15) is 13.8 Å². The summed E-state index contributed by atoms with van der Waals surface area (Å²) in [4.78, 5) is 12.1. The van der Waals surface area contributed by atoms with Gasteiger partial charge in [0.25, 0.3) is 0 Å². The molecule has 0 radical (unpaired) electrons. The highest BCUT2D eigenvalue weighted by molar-refractivity contribution is 9.10. The molecule has 4 nitrogen and oxygen atoms in total. The fourth-order valence-corrected chi connectivity index (χ4v) is 4.28. The van der Waals surface area contributed by atoms with Crippen molar-refractivity contribution in [1.82, 2.24) is 0 Å². The zero-order chi connectivity index (χ0) is 12.8. The fraction of sp³-hybridized carbons (Fsp3) is 0.364. The van der Waals surface area contributed by atoms with Crippen LogP contribution in [0.15, 0.2) is 27.6 Å². The van der Waals surface area contributed by atoms with E-state index in [0.29, 0.717) is 10.2 Å². The van der Waals surface area contributed by atoms with Crippen LogP contribution in [0, 0.1) is 5.41 Å². The molecule has 92 valence electrons. The van der Waals surface area contributed by atoms with Crippen LogP contribution >= 0.6 is 15.9 Å². The first-order valence-corrected chi connectivity index (χ1v) is 7.51. The lowest BCUT2D eigenvalue weighted by Gasteiger charge is -2.18. The zero-order valence-electron chi connectivity index (χ0n) is 9.45. The number of anilines is 1. The maximum atomic E-state index is 12.2. The van der Waals surface area contributed by atoms with E-state index in [-0.39, 0.29) is 16.6 Å². The molecule has 1 heterocycles. The molecule has 1 aliphatic rings. The molecule has 1 aromatic rings. The van der Waals surface area contributed by atoms with Crippen LogP contribution in [0.25, 0.3) is 0 Å². The highest BCUT2D eigenvalue weighted by atomic mass is 79.9. The van der Waals surface area contributed by atoms with E-state index < -0.39 is 15.3 Å². The number of nitrogens with one attached hydrogen (secondary N) is 1. The minimum Gasteiger partial charge on any atom is -0.324 e. The van der Waals surface area contributed by atoms with E-state index in [2.05, 4.69) is 21.2 Å². The summed E-state index contributed by atoms with van der Waals surface area (Å²) in [6.07, 6.45) is 0. The molecule has 0 saturated carbocycles. The average molecular weight is 318 g/mol. The molecule has 0 atom stereocenters. The predicted molar refractivity (Wildman–Crippen MR) is 68.6 cm³/mol. The van der Waals surface area contributed by atoms with Crippen LogP contribution in [0.4, 0.5) is 5.69 Å². The zero-order valence-corrected chi connectivity index (χ0v) is 11.9. The summed E-state index contributed by atoms with van der Waals surface area (Å²) in [7, 11) is -3.45. The molecule has 1 N–H and O–H groups in total. The van der Waals surface area contributed by atoms with Crippen LogP contribution in [-0.2, 0) is 14.6 Å². The van der Waals surface area contributed by atoms with Gasteiger partial charge in [0, 0.05) is 4.47 Å². The van der Waals surface area contributed by atoms with Gasteiger partial charge in [-0.1, -0.05) is 29.8 Å². The number of hydrogen-bond acceptors (Lipinski definition) is 3. The molecule has 17 heavy (non-hydrogen) atoms. The predicted octanol–water partition coefficient (Wildman–Crippen LogP) is 2.20. The first-order valence-electron chi connectivity index (χ1n) is 5.06. The largest absolute Gasteiger partial charge is 0.324 e. The van der Waals surface area contributed by atoms with Crippen molar-refractivity contribution in [3.8, 4) is 0 Å². The summed E-state index contributed by atoms with van der Waals surface area (Å²) < 4.78 is 25.1. The monoisotopic (exact) mass is 317 g/mol. The Kier molecular flexibility index (Phi) is 2.82. The number of carbonyl (C=O) groups excluding carboxylic acids is 1. The molecule has 0 aromatic heterocycles. The van der Waals surface area contributed by atoms with E-state index in [1.807, 2.05) is 0 Å². The highest BCUT2D eigenvalue weighted by Gasteiger charge is 2.38. The lowest BCUT2D eigenvalue weighted by atomic mass is 9.95. The van der Waals surface area contributed by atoms with E-state index in [1.54, 1.807) is 26.0 Å². The second-order valence-corrected chi connectivity index (χ2v) is 7.61. The molecule has 2 rings (SSSR count). The molecule has 1 aromatic carbocycles. The smallest absolute Gasteiger partial charge is 0.231 e. The minimum atomic E-state index is -3.45. The summed E-state index contributed by atoms with van der Waals surface area (Å²) in [6.45, 7) is 3.25. The first kappa shape index (κ1) is 12.6. The van der Waals surface area contributed by atoms with Gasteiger partial charge in [-0.3, -0.25) is 4.79 Å². The Morgan fingerprint density at radius 3 is 2.65 bits per heavy atom. The van der Waals surface area contributed by atoms with Gasteiger partial charge in [-0.15, -0.1) is 0 Å². The van der Waals surface area contributed by atoms with Crippen molar-refractivity contribution in [3.63, 3.8) is 0 Å². The molecule has 0 spiro atoms. The molecule has 0 aliphatic carbocycles. The van der Waals surface area contributed by atoms with Gasteiger partial charge >= 0.3 is 0 Å². The lowest BCUT2D eigenvalue weighted by Crippen LogP contribution is -2.34. The van der Waals surface area contributed by atoms with Gasteiger partial charge in [-0.25, -0.2) is 8.42 Å². The summed E-state index contributed by atoms with van der Waals surface area (Å²) in [5.74, 6) is -0.461. The van der Waals surface area contributed by atoms with Crippen LogP contribution in [-0.4, -0.2) is 20.1 Å². The van der Waals surface area contributed by atoms with Crippen LogP contribution in [0.2, 0.25) is 0 Å². The molecule has 1 aliphatic heterocycles. The summed E-state index contributed by atoms with van der Waals surface area (Å²) >= 11 is 3.23. The van der Waals surface area contributed by atoms with Crippen LogP contribution in [0.3, 0.4) is 0 Å². The Hall–Kier alpha value is -0.880. The molecule has 0 bridgehead atoms. The summed E-state index contributed by atoms with van der Waals surface area (Å²) in [6, 6.07) is 4.82.